The van der Waals surface area contributed by atoms with Crippen molar-refractivity contribution in [1.29, 1.82) is 0 Å². The molecule has 0 aromatic carbocycles. The van der Waals surface area contributed by atoms with Gasteiger partial charge in [0.05, 0.1) is 12.1 Å². The third-order valence-electron chi connectivity index (χ3n) is 2.86. The summed E-state index contributed by atoms with van der Waals surface area (Å²) in [6.45, 7) is 6.22. The van der Waals surface area contributed by atoms with Crippen molar-refractivity contribution in [2.24, 2.45) is 0 Å². The topological polar surface area (TPSA) is 54.6 Å². The number of carboxylic acid groups (broad SMARTS) is 1. The Labute approximate surface area is 99.9 Å². The van der Waals surface area contributed by atoms with Crippen molar-refractivity contribution in [2.45, 2.75) is 33.1 Å². The Morgan fingerprint density at radius 3 is 2.76 bits per heavy atom. The first-order valence-electron chi connectivity index (χ1n) is 5.68. The fraction of sp³-hybridized carbons (Fsp3) is 0.385. The van der Waals surface area contributed by atoms with Gasteiger partial charge >= 0.3 is 5.97 Å². The zero-order chi connectivity index (χ0) is 12.6. The Hall–Kier alpha value is -1.84. The Morgan fingerprint density at radius 2 is 2.18 bits per heavy atom. The molecule has 4 nitrogen and oxygen atoms in total. The van der Waals surface area contributed by atoms with E-state index in [2.05, 4.69) is 18.8 Å². The molecule has 0 bridgehead atoms. The SMILES string of the molecule is Cc1c(C(C)C)nc2ccc(CC(=O)O)cn12. The second-order valence-electron chi connectivity index (χ2n) is 4.57. The van der Waals surface area contributed by atoms with Gasteiger partial charge in [-0.1, -0.05) is 19.9 Å². The van der Waals surface area contributed by atoms with Crippen LogP contribution in [0.4, 0.5) is 0 Å². The standard InChI is InChI=1S/C13H16N2O2/c1-8(2)13-9(3)15-7-10(6-12(16)17)4-5-11(15)14-13/h4-5,7-8H,6H2,1-3H3,(H,16,17). The van der Waals surface area contributed by atoms with Crippen molar-refractivity contribution in [1.82, 2.24) is 9.38 Å². The molecule has 0 aliphatic rings. The number of pyridine rings is 1. The zero-order valence-corrected chi connectivity index (χ0v) is 10.3. The van der Waals surface area contributed by atoms with Crippen LogP contribution in [0.15, 0.2) is 18.3 Å². The smallest absolute Gasteiger partial charge is 0.307 e. The molecule has 4 heteroatoms. The normalized spacial score (nSPS) is 11.3. The summed E-state index contributed by atoms with van der Waals surface area (Å²) in [5, 5.41) is 8.78. The van der Waals surface area contributed by atoms with Crippen molar-refractivity contribution in [3.63, 3.8) is 0 Å². The largest absolute Gasteiger partial charge is 0.481 e. The highest BCUT2D eigenvalue weighted by molar-refractivity contribution is 5.70. The number of aromatic nitrogens is 2. The summed E-state index contributed by atoms with van der Waals surface area (Å²) in [6, 6.07) is 3.69. The molecule has 0 atom stereocenters. The maximum absolute atomic E-state index is 10.7. The monoisotopic (exact) mass is 232 g/mol. The van der Waals surface area contributed by atoms with E-state index in [0.29, 0.717) is 5.92 Å². The molecule has 0 unspecified atom stereocenters. The number of fused-ring (bicyclic) bond motifs is 1. The van der Waals surface area contributed by atoms with Crippen molar-refractivity contribution < 1.29 is 9.90 Å². The van der Waals surface area contributed by atoms with Crippen LogP contribution in [0.1, 0.15) is 36.7 Å². The Bertz CT molecular complexity index is 570. The number of nitrogens with zero attached hydrogens (tertiary/aromatic N) is 2. The Balaban J connectivity index is 2.53. The fourth-order valence-corrected chi connectivity index (χ4v) is 2.05. The number of aryl methyl sites for hydroxylation is 1. The molecule has 90 valence electrons. The summed E-state index contributed by atoms with van der Waals surface area (Å²) < 4.78 is 1.97. The highest BCUT2D eigenvalue weighted by Gasteiger charge is 2.12. The van der Waals surface area contributed by atoms with E-state index in [4.69, 9.17) is 5.11 Å². The van der Waals surface area contributed by atoms with Gasteiger partial charge in [-0.25, -0.2) is 4.98 Å². The van der Waals surface area contributed by atoms with Gasteiger partial charge in [0, 0.05) is 11.9 Å². The minimum Gasteiger partial charge on any atom is -0.481 e. The van der Waals surface area contributed by atoms with Crippen LogP contribution < -0.4 is 0 Å². The molecule has 2 heterocycles. The van der Waals surface area contributed by atoms with Crippen molar-refractivity contribution in [3.8, 4) is 0 Å². The number of carbonyl (C=O) groups is 1. The molecule has 0 aliphatic heterocycles. The molecule has 2 rings (SSSR count). The summed E-state index contributed by atoms with van der Waals surface area (Å²) in [5.74, 6) is -0.441. The molecule has 2 aromatic heterocycles. The fourth-order valence-electron chi connectivity index (χ4n) is 2.05. The van der Waals surface area contributed by atoms with Gasteiger partial charge in [0.2, 0.25) is 0 Å². The van der Waals surface area contributed by atoms with Crippen LogP contribution in [0, 0.1) is 6.92 Å². The van der Waals surface area contributed by atoms with E-state index in [9.17, 15) is 4.79 Å². The molecular weight excluding hydrogens is 216 g/mol. The molecule has 0 spiro atoms. The third kappa shape index (κ3) is 2.16. The van der Waals surface area contributed by atoms with Crippen LogP contribution in [-0.2, 0) is 11.2 Å². The van der Waals surface area contributed by atoms with Gasteiger partial charge in [0.1, 0.15) is 5.65 Å². The minimum atomic E-state index is -0.814. The molecule has 0 amide bonds. The zero-order valence-electron chi connectivity index (χ0n) is 10.3. The van der Waals surface area contributed by atoms with E-state index >= 15 is 0 Å². The predicted octanol–water partition coefficient (Wildman–Crippen LogP) is 2.39. The van der Waals surface area contributed by atoms with E-state index in [-0.39, 0.29) is 6.42 Å². The molecule has 0 radical (unpaired) electrons. The van der Waals surface area contributed by atoms with Crippen molar-refractivity contribution in [3.05, 3.63) is 35.3 Å². The number of hydrogen-bond acceptors (Lipinski definition) is 2. The molecule has 0 saturated heterocycles. The van der Waals surface area contributed by atoms with Gasteiger partial charge in [0.25, 0.3) is 0 Å². The van der Waals surface area contributed by atoms with E-state index in [1.807, 2.05) is 29.7 Å². The summed E-state index contributed by atoms with van der Waals surface area (Å²) in [5.41, 5.74) is 3.82. The molecule has 2 aromatic rings. The molecular formula is C13H16N2O2. The lowest BCUT2D eigenvalue weighted by Gasteiger charge is -2.02. The molecule has 0 saturated carbocycles. The number of rotatable bonds is 3. The number of carboxylic acids is 1. The lowest BCUT2D eigenvalue weighted by atomic mass is 10.1. The first-order chi connectivity index (χ1) is 7.99. The van der Waals surface area contributed by atoms with Crippen LogP contribution in [0.5, 0.6) is 0 Å². The average molecular weight is 232 g/mol. The molecule has 0 aliphatic carbocycles. The average Bonchev–Trinajstić information content (AvgIpc) is 2.56. The van der Waals surface area contributed by atoms with E-state index in [1.165, 1.54) is 0 Å². The van der Waals surface area contributed by atoms with E-state index < -0.39 is 5.97 Å². The van der Waals surface area contributed by atoms with Gasteiger partial charge in [-0.2, -0.15) is 0 Å². The summed E-state index contributed by atoms with van der Waals surface area (Å²) in [4.78, 5) is 15.2. The van der Waals surface area contributed by atoms with Gasteiger partial charge in [-0.3, -0.25) is 4.79 Å². The van der Waals surface area contributed by atoms with Gasteiger partial charge < -0.3 is 9.51 Å². The maximum Gasteiger partial charge on any atom is 0.307 e. The lowest BCUT2D eigenvalue weighted by molar-refractivity contribution is -0.136. The maximum atomic E-state index is 10.7. The molecule has 1 N–H and O–H groups in total. The number of aliphatic carboxylic acids is 1. The quantitative estimate of drug-likeness (QED) is 0.884. The number of hydrogen-bond donors (Lipinski definition) is 1. The summed E-state index contributed by atoms with van der Waals surface area (Å²) >= 11 is 0. The van der Waals surface area contributed by atoms with E-state index in [0.717, 1.165) is 22.6 Å². The van der Waals surface area contributed by atoms with Gasteiger partial charge in [-0.15, -0.1) is 0 Å². The van der Waals surface area contributed by atoms with Gasteiger partial charge in [-0.05, 0) is 24.5 Å². The molecule has 17 heavy (non-hydrogen) atoms. The minimum absolute atomic E-state index is 0.0462. The Morgan fingerprint density at radius 1 is 1.47 bits per heavy atom. The van der Waals surface area contributed by atoms with Gasteiger partial charge in [0.15, 0.2) is 0 Å². The summed E-state index contributed by atoms with van der Waals surface area (Å²) in [6.07, 6.45) is 1.90. The predicted molar refractivity (Wildman–Crippen MR) is 65.4 cm³/mol. The third-order valence-corrected chi connectivity index (χ3v) is 2.86. The highest BCUT2D eigenvalue weighted by Crippen LogP contribution is 2.20. The van der Waals surface area contributed by atoms with Crippen LogP contribution in [0.2, 0.25) is 0 Å². The van der Waals surface area contributed by atoms with Crippen LogP contribution in [0.3, 0.4) is 0 Å². The van der Waals surface area contributed by atoms with Crippen LogP contribution in [-0.4, -0.2) is 20.5 Å². The Kier molecular flexibility index (Phi) is 2.88. The second-order valence-corrected chi connectivity index (χ2v) is 4.57. The lowest BCUT2D eigenvalue weighted by Crippen LogP contribution is -2.01. The first-order valence-corrected chi connectivity index (χ1v) is 5.68. The van der Waals surface area contributed by atoms with E-state index in [1.54, 1.807) is 0 Å². The first kappa shape index (κ1) is 11.6. The summed E-state index contributed by atoms with van der Waals surface area (Å²) in [7, 11) is 0. The van der Waals surface area contributed by atoms with Crippen LogP contribution in [0.25, 0.3) is 5.65 Å². The highest BCUT2D eigenvalue weighted by atomic mass is 16.4. The van der Waals surface area contributed by atoms with Crippen molar-refractivity contribution >= 4 is 11.6 Å². The second kappa shape index (κ2) is 4.20. The van der Waals surface area contributed by atoms with Crippen molar-refractivity contribution in [2.75, 3.05) is 0 Å². The van der Waals surface area contributed by atoms with Crippen LogP contribution >= 0.6 is 0 Å². The number of imidazole rings is 1. The molecule has 0 fully saturated rings.